The Morgan fingerprint density at radius 2 is 1.95 bits per heavy atom. The Hall–Kier alpha value is -2.16. The van der Waals surface area contributed by atoms with Gasteiger partial charge in [0.15, 0.2) is 0 Å². The SMILES string of the molecule is CC(C)c1cnc(Cc2c[nH]c3ccccc23)cn1. The Bertz CT molecular complexity index is 681. The van der Waals surface area contributed by atoms with Gasteiger partial charge in [0.05, 0.1) is 11.4 Å². The van der Waals surface area contributed by atoms with Gasteiger partial charge in [-0.2, -0.15) is 0 Å². The lowest BCUT2D eigenvalue weighted by molar-refractivity contribution is 0.803. The Morgan fingerprint density at radius 1 is 1.11 bits per heavy atom. The van der Waals surface area contributed by atoms with Crippen LogP contribution in [0.3, 0.4) is 0 Å². The number of nitrogens with zero attached hydrogens (tertiary/aromatic N) is 2. The van der Waals surface area contributed by atoms with E-state index in [4.69, 9.17) is 0 Å². The predicted molar refractivity (Wildman–Crippen MR) is 77.2 cm³/mol. The van der Waals surface area contributed by atoms with Crippen LogP contribution in [-0.2, 0) is 6.42 Å². The minimum Gasteiger partial charge on any atom is -0.361 e. The highest BCUT2D eigenvalue weighted by molar-refractivity contribution is 5.83. The van der Waals surface area contributed by atoms with E-state index in [9.17, 15) is 0 Å². The van der Waals surface area contributed by atoms with Gasteiger partial charge in [-0.15, -0.1) is 0 Å². The third-order valence-corrected chi connectivity index (χ3v) is 3.36. The van der Waals surface area contributed by atoms with E-state index < -0.39 is 0 Å². The molecule has 0 radical (unpaired) electrons. The van der Waals surface area contributed by atoms with E-state index in [0.717, 1.165) is 17.8 Å². The van der Waals surface area contributed by atoms with Gasteiger partial charge >= 0.3 is 0 Å². The van der Waals surface area contributed by atoms with E-state index in [1.54, 1.807) is 0 Å². The molecule has 3 nitrogen and oxygen atoms in total. The molecular weight excluding hydrogens is 234 g/mol. The van der Waals surface area contributed by atoms with Gasteiger partial charge in [0, 0.05) is 35.9 Å². The highest BCUT2D eigenvalue weighted by atomic mass is 14.8. The average Bonchev–Trinajstić information content (AvgIpc) is 2.83. The molecule has 3 heteroatoms. The quantitative estimate of drug-likeness (QED) is 0.771. The fourth-order valence-corrected chi connectivity index (χ4v) is 2.23. The second kappa shape index (κ2) is 4.84. The molecule has 3 aromatic rings. The summed E-state index contributed by atoms with van der Waals surface area (Å²) in [4.78, 5) is 12.3. The minimum absolute atomic E-state index is 0.426. The maximum atomic E-state index is 4.51. The van der Waals surface area contributed by atoms with Gasteiger partial charge < -0.3 is 4.98 Å². The van der Waals surface area contributed by atoms with Gasteiger partial charge in [-0.05, 0) is 17.5 Å². The van der Waals surface area contributed by atoms with Gasteiger partial charge in [0.25, 0.3) is 0 Å². The van der Waals surface area contributed by atoms with E-state index in [2.05, 4.69) is 53.2 Å². The van der Waals surface area contributed by atoms with Crippen LogP contribution in [0.5, 0.6) is 0 Å². The molecule has 1 aromatic carbocycles. The Morgan fingerprint density at radius 3 is 2.68 bits per heavy atom. The molecule has 0 fully saturated rings. The number of para-hydroxylation sites is 1. The van der Waals surface area contributed by atoms with Crippen molar-refractivity contribution < 1.29 is 0 Å². The molecule has 19 heavy (non-hydrogen) atoms. The lowest BCUT2D eigenvalue weighted by atomic mass is 10.1. The summed E-state index contributed by atoms with van der Waals surface area (Å²) in [5, 5.41) is 1.26. The van der Waals surface area contributed by atoms with Crippen LogP contribution < -0.4 is 0 Å². The Balaban J connectivity index is 1.88. The third-order valence-electron chi connectivity index (χ3n) is 3.36. The van der Waals surface area contributed by atoms with Crippen molar-refractivity contribution in [3.8, 4) is 0 Å². The van der Waals surface area contributed by atoms with E-state index in [1.807, 2.05) is 18.5 Å². The highest BCUT2D eigenvalue weighted by Crippen LogP contribution is 2.20. The third kappa shape index (κ3) is 2.36. The molecule has 0 saturated heterocycles. The number of H-pyrrole nitrogens is 1. The van der Waals surface area contributed by atoms with Crippen molar-refractivity contribution in [3.05, 3.63) is 59.8 Å². The Labute approximate surface area is 112 Å². The normalized spacial score (nSPS) is 11.3. The van der Waals surface area contributed by atoms with E-state index in [0.29, 0.717) is 5.92 Å². The van der Waals surface area contributed by atoms with Crippen molar-refractivity contribution in [2.75, 3.05) is 0 Å². The molecule has 0 aliphatic heterocycles. The van der Waals surface area contributed by atoms with Crippen LogP contribution in [-0.4, -0.2) is 15.0 Å². The van der Waals surface area contributed by atoms with Crippen LogP contribution in [0.15, 0.2) is 42.9 Å². The van der Waals surface area contributed by atoms with Gasteiger partial charge in [0.1, 0.15) is 0 Å². The Kier molecular flexibility index (Phi) is 3.03. The molecule has 0 saturated carbocycles. The summed E-state index contributed by atoms with van der Waals surface area (Å²) in [7, 11) is 0. The van der Waals surface area contributed by atoms with Crippen LogP contribution in [0, 0.1) is 0 Å². The molecule has 0 bridgehead atoms. The first-order chi connectivity index (χ1) is 9.24. The molecule has 0 unspecified atom stereocenters. The van der Waals surface area contributed by atoms with Crippen LogP contribution in [0.2, 0.25) is 0 Å². The second-order valence-electron chi connectivity index (χ2n) is 5.12. The van der Waals surface area contributed by atoms with Crippen molar-refractivity contribution >= 4 is 10.9 Å². The number of rotatable bonds is 3. The molecule has 96 valence electrons. The van der Waals surface area contributed by atoms with Crippen LogP contribution >= 0.6 is 0 Å². The fourth-order valence-electron chi connectivity index (χ4n) is 2.23. The number of hydrogen-bond donors (Lipinski definition) is 1. The maximum absolute atomic E-state index is 4.51. The first-order valence-corrected chi connectivity index (χ1v) is 6.60. The lowest BCUT2D eigenvalue weighted by Gasteiger charge is -2.04. The molecule has 0 aliphatic carbocycles. The van der Waals surface area contributed by atoms with Gasteiger partial charge in [-0.25, -0.2) is 0 Å². The van der Waals surface area contributed by atoms with Crippen molar-refractivity contribution in [2.24, 2.45) is 0 Å². The molecule has 2 heterocycles. The largest absolute Gasteiger partial charge is 0.361 e. The standard InChI is InChI=1S/C16H17N3/c1-11(2)16-10-17-13(9-19-16)7-12-8-18-15-6-4-3-5-14(12)15/h3-6,8-11,18H,7H2,1-2H3. The zero-order valence-corrected chi connectivity index (χ0v) is 11.2. The number of aromatic amines is 1. The number of hydrogen-bond acceptors (Lipinski definition) is 2. The summed E-state index contributed by atoms with van der Waals surface area (Å²) in [5.74, 6) is 0.426. The maximum Gasteiger partial charge on any atom is 0.0631 e. The summed E-state index contributed by atoms with van der Waals surface area (Å²) in [5.41, 5.74) is 4.49. The van der Waals surface area contributed by atoms with Crippen molar-refractivity contribution in [3.63, 3.8) is 0 Å². The number of fused-ring (bicyclic) bond motifs is 1. The fraction of sp³-hybridized carbons (Fsp3) is 0.250. The zero-order valence-electron chi connectivity index (χ0n) is 11.2. The number of aromatic nitrogens is 3. The number of benzene rings is 1. The first kappa shape index (κ1) is 11.9. The molecular formula is C16H17N3. The second-order valence-corrected chi connectivity index (χ2v) is 5.12. The minimum atomic E-state index is 0.426. The van der Waals surface area contributed by atoms with Gasteiger partial charge in [0.2, 0.25) is 0 Å². The van der Waals surface area contributed by atoms with Crippen LogP contribution in [0.1, 0.15) is 36.7 Å². The van der Waals surface area contributed by atoms with Crippen LogP contribution in [0.25, 0.3) is 10.9 Å². The van der Waals surface area contributed by atoms with Crippen molar-refractivity contribution in [2.45, 2.75) is 26.2 Å². The average molecular weight is 251 g/mol. The molecule has 2 aromatic heterocycles. The van der Waals surface area contributed by atoms with E-state index >= 15 is 0 Å². The predicted octanol–water partition coefficient (Wildman–Crippen LogP) is 3.67. The van der Waals surface area contributed by atoms with Gasteiger partial charge in [-0.3, -0.25) is 9.97 Å². The van der Waals surface area contributed by atoms with Crippen molar-refractivity contribution in [1.82, 2.24) is 15.0 Å². The van der Waals surface area contributed by atoms with E-state index in [-0.39, 0.29) is 0 Å². The molecule has 0 atom stereocenters. The molecule has 1 N–H and O–H groups in total. The highest BCUT2D eigenvalue weighted by Gasteiger charge is 2.06. The van der Waals surface area contributed by atoms with Crippen LogP contribution in [0.4, 0.5) is 0 Å². The summed E-state index contributed by atoms with van der Waals surface area (Å²) in [6.07, 6.45) is 6.64. The topological polar surface area (TPSA) is 41.6 Å². The van der Waals surface area contributed by atoms with Gasteiger partial charge in [-0.1, -0.05) is 32.0 Å². The number of nitrogens with one attached hydrogen (secondary N) is 1. The van der Waals surface area contributed by atoms with E-state index in [1.165, 1.54) is 16.5 Å². The van der Waals surface area contributed by atoms with Crippen molar-refractivity contribution in [1.29, 1.82) is 0 Å². The molecule has 3 rings (SSSR count). The smallest absolute Gasteiger partial charge is 0.0631 e. The summed E-state index contributed by atoms with van der Waals surface area (Å²) >= 11 is 0. The molecule has 0 spiro atoms. The summed E-state index contributed by atoms with van der Waals surface area (Å²) < 4.78 is 0. The summed E-state index contributed by atoms with van der Waals surface area (Å²) in [6, 6.07) is 8.33. The summed E-state index contributed by atoms with van der Waals surface area (Å²) in [6.45, 7) is 4.26. The molecule has 0 amide bonds. The zero-order chi connectivity index (χ0) is 13.2. The monoisotopic (exact) mass is 251 g/mol. The lowest BCUT2D eigenvalue weighted by Crippen LogP contribution is -1.98. The molecule has 0 aliphatic rings. The first-order valence-electron chi connectivity index (χ1n) is 6.60.